The van der Waals surface area contributed by atoms with Crippen molar-refractivity contribution in [3.05, 3.63) is 0 Å². The first kappa shape index (κ1) is 21.3. The molecule has 0 nitrogen and oxygen atoms in total. The summed E-state index contributed by atoms with van der Waals surface area (Å²) < 4.78 is 1.54. The van der Waals surface area contributed by atoms with Gasteiger partial charge in [0.2, 0.25) is 0 Å². The zero-order valence-electron chi connectivity index (χ0n) is 14.2. The fourth-order valence-corrected chi connectivity index (χ4v) is 3.88. The third-order valence-electron chi connectivity index (χ3n) is 4.28. The van der Waals surface area contributed by atoms with Crippen molar-refractivity contribution in [3.8, 4) is 0 Å². The fraction of sp³-hybridized carbons (Fsp3) is 1.00. The minimum atomic E-state index is 1.22. The molecule has 0 heterocycles. The van der Waals surface area contributed by atoms with Crippen LogP contribution in [0.2, 0.25) is 2.20 Å². The van der Waals surface area contributed by atoms with Crippen LogP contribution in [-0.4, -0.2) is 0 Å². The van der Waals surface area contributed by atoms with Crippen molar-refractivity contribution in [1.29, 1.82) is 0 Å². The molecule has 0 aliphatic heterocycles. The molecule has 0 bridgehead atoms. The summed E-state index contributed by atoms with van der Waals surface area (Å²) in [6.07, 6.45) is 25.3. The van der Waals surface area contributed by atoms with Crippen LogP contribution in [0.25, 0.3) is 0 Å². The van der Waals surface area contributed by atoms with Gasteiger partial charge < -0.3 is 0 Å². The summed E-state index contributed by atoms with van der Waals surface area (Å²) in [4.78, 5) is 0. The average Bonchev–Trinajstić information content (AvgIpc) is 2.47. The van der Waals surface area contributed by atoms with E-state index < -0.39 is 0 Å². The molecule has 0 rings (SSSR count). The van der Waals surface area contributed by atoms with Crippen LogP contribution in [0.5, 0.6) is 0 Å². The summed E-state index contributed by atoms with van der Waals surface area (Å²) in [6, 6.07) is 0. The molecule has 119 valence electrons. The topological polar surface area (TPSA) is 0 Å². The van der Waals surface area contributed by atoms with Gasteiger partial charge in [0.05, 0.1) is 0 Å². The van der Waals surface area contributed by atoms with Gasteiger partial charge in [-0.15, -0.1) is 0 Å². The number of unbranched alkanes of at least 4 members (excludes halogenated alkanes) is 16. The van der Waals surface area contributed by atoms with Crippen LogP contribution in [0, 0.1) is 37.9 Å². The Labute approximate surface area is 155 Å². The molecule has 0 spiro atoms. The monoisotopic (exact) mass is 499 g/mol. The summed E-state index contributed by atoms with van der Waals surface area (Å²) in [5.74, 6) is 0. The van der Waals surface area contributed by atoms with Crippen LogP contribution in [0.3, 0.4) is 0 Å². The van der Waals surface area contributed by atoms with Crippen LogP contribution in [0.4, 0.5) is 0 Å². The summed E-state index contributed by atoms with van der Waals surface area (Å²) in [7, 11) is 0. The van der Waals surface area contributed by atoms with Gasteiger partial charge in [-0.05, 0) is 0 Å². The van der Waals surface area contributed by atoms with Crippen LogP contribution < -0.4 is 0 Å². The first-order valence-corrected chi connectivity index (χ1v) is 12.5. The van der Waals surface area contributed by atoms with Crippen molar-refractivity contribution in [2.24, 2.45) is 0 Å². The summed E-state index contributed by atoms with van der Waals surface area (Å²) in [5, 5.41) is 0. The Balaban J connectivity index is 2.89. The number of hydrogen-bond acceptors (Lipinski definition) is 0. The molecule has 20 heavy (non-hydrogen) atoms. The van der Waals surface area contributed by atoms with Gasteiger partial charge in [-0.25, -0.2) is 0 Å². The van der Waals surface area contributed by atoms with Crippen molar-refractivity contribution >= 4 is 0 Å². The van der Waals surface area contributed by atoms with Gasteiger partial charge in [0.25, 0.3) is 0 Å². The molecule has 0 aromatic rings. The van der Waals surface area contributed by atoms with Crippen LogP contribution >= 0.6 is 0 Å². The van der Waals surface area contributed by atoms with Gasteiger partial charge in [0.15, 0.2) is 0 Å². The van der Waals surface area contributed by atoms with E-state index in [9.17, 15) is 0 Å². The molecule has 0 atom stereocenters. The Bertz CT molecular complexity index is 138. The molecule has 0 saturated carbocycles. The molecule has 0 aliphatic rings. The van der Waals surface area contributed by atoms with E-state index in [1.54, 1.807) is 2.20 Å². The van der Waals surface area contributed by atoms with E-state index in [0.29, 0.717) is 0 Å². The Hall–Kier alpha value is 1.32. The zero-order valence-corrected chi connectivity index (χ0v) is 18.3. The SMILES string of the molecule is CCCCCCCCCCCCCCCCCC[CH2][Th]. The van der Waals surface area contributed by atoms with E-state index in [4.69, 9.17) is 0 Å². The Kier molecular flexibility index (Phi) is 21.7. The van der Waals surface area contributed by atoms with Crippen LogP contribution in [0.15, 0.2) is 0 Å². The van der Waals surface area contributed by atoms with E-state index in [1.807, 2.05) is 0 Å². The molecule has 0 N–H and O–H groups in total. The second kappa shape index (κ2) is 20.3. The van der Waals surface area contributed by atoms with Gasteiger partial charge in [-0.1, -0.05) is 45.4 Å². The van der Waals surface area contributed by atoms with E-state index in [-0.39, 0.29) is 0 Å². The Morgan fingerprint density at radius 2 is 0.650 bits per heavy atom. The fourth-order valence-electron chi connectivity index (χ4n) is 2.85. The first-order chi connectivity index (χ1) is 9.91. The quantitative estimate of drug-likeness (QED) is 0.181. The summed E-state index contributed by atoms with van der Waals surface area (Å²) >= 11 is 1.22. The first-order valence-electron chi connectivity index (χ1n) is 9.56. The van der Waals surface area contributed by atoms with Crippen molar-refractivity contribution in [3.63, 3.8) is 0 Å². The van der Waals surface area contributed by atoms with Crippen molar-refractivity contribution in [1.82, 2.24) is 0 Å². The van der Waals surface area contributed by atoms with Crippen molar-refractivity contribution < 1.29 is 37.9 Å². The summed E-state index contributed by atoms with van der Waals surface area (Å²) in [6.45, 7) is 2.30. The molecule has 0 aromatic carbocycles. The maximum atomic E-state index is 2.30. The molecule has 0 fully saturated rings. The predicted octanol–water partition coefficient (Wildman–Crippen LogP) is 7.61. The number of hydrogen-bond donors (Lipinski definition) is 0. The molecule has 0 aliphatic carbocycles. The predicted molar refractivity (Wildman–Crippen MR) is 89.0 cm³/mol. The number of rotatable bonds is 17. The molecule has 0 saturated heterocycles. The van der Waals surface area contributed by atoms with Gasteiger partial charge in [0.1, 0.15) is 0 Å². The van der Waals surface area contributed by atoms with Crippen molar-refractivity contribution in [2.45, 2.75) is 118 Å². The Morgan fingerprint density at radius 1 is 0.400 bits per heavy atom. The third kappa shape index (κ3) is 19.3. The minimum absolute atomic E-state index is 1.22. The molecular formula is C19H39Th. The van der Waals surface area contributed by atoms with Gasteiger partial charge in [-0.3, -0.25) is 0 Å². The van der Waals surface area contributed by atoms with Crippen molar-refractivity contribution in [2.75, 3.05) is 0 Å². The molecule has 0 radical (unpaired) electrons. The van der Waals surface area contributed by atoms with Crippen LogP contribution in [-0.2, 0) is 0 Å². The van der Waals surface area contributed by atoms with E-state index in [2.05, 4.69) is 6.92 Å². The molecular weight excluding hydrogens is 460 g/mol. The van der Waals surface area contributed by atoms with Crippen LogP contribution in [0.1, 0.15) is 116 Å². The van der Waals surface area contributed by atoms with E-state index >= 15 is 0 Å². The zero-order chi connectivity index (χ0) is 14.7. The third-order valence-corrected chi connectivity index (χ3v) is 5.73. The van der Waals surface area contributed by atoms with E-state index in [0.717, 1.165) is 0 Å². The van der Waals surface area contributed by atoms with Gasteiger partial charge in [0, 0.05) is 0 Å². The molecule has 0 aromatic heterocycles. The standard InChI is InChI=1S/C19H39.Th/c1-3-5-7-9-11-13-15-17-19-18-16-14-12-10-8-6-4-2;/h1,3-19H2,2H3;. The average molecular weight is 500 g/mol. The normalized spacial score (nSPS) is 11.2. The maximum absolute atomic E-state index is 2.30. The second-order valence-corrected chi connectivity index (χ2v) is 8.46. The molecule has 0 unspecified atom stereocenters. The van der Waals surface area contributed by atoms with E-state index in [1.165, 1.54) is 147 Å². The van der Waals surface area contributed by atoms with Gasteiger partial charge >= 0.3 is 111 Å². The molecule has 1 heteroatoms. The Morgan fingerprint density at radius 3 is 0.900 bits per heavy atom. The summed E-state index contributed by atoms with van der Waals surface area (Å²) in [5.41, 5.74) is 0. The second-order valence-electron chi connectivity index (χ2n) is 6.41. The van der Waals surface area contributed by atoms with Gasteiger partial charge in [-0.2, -0.15) is 0 Å². The molecule has 0 amide bonds.